The molecule has 1 N–H and O–H groups in total. The molecule has 116 valence electrons. The molecule has 0 atom stereocenters. The van der Waals surface area contributed by atoms with E-state index in [4.69, 9.17) is 14.2 Å². The minimum atomic E-state index is -0.323. The number of methoxy groups -OCH3 is 2. The number of ether oxygens (including phenoxy) is 3. The Hall–Kier alpha value is -2.69. The van der Waals surface area contributed by atoms with Crippen molar-refractivity contribution in [3.05, 3.63) is 48.0 Å². The Balaban J connectivity index is 2.15. The number of carbonyl (C=O) groups excluding carboxylic acids is 1. The van der Waals surface area contributed by atoms with Crippen molar-refractivity contribution in [1.29, 1.82) is 0 Å². The molecule has 22 heavy (non-hydrogen) atoms. The molecule has 0 amide bonds. The quantitative estimate of drug-likeness (QED) is 0.826. The van der Waals surface area contributed by atoms with Crippen LogP contribution in [-0.4, -0.2) is 26.8 Å². The molecule has 2 rings (SSSR count). The van der Waals surface area contributed by atoms with E-state index in [-0.39, 0.29) is 5.97 Å². The molecule has 0 aliphatic carbocycles. The van der Waals surface area contributed by atoms with Gasteiger partial charge in [-0.15, -0.1) is 0 Å². The highest BCUT2D eigenvalue weighted by atomic mass is 16.5. The number of esters is 1. The van der Waals surface area contributed by atoms with E-state index < -0.39 is 0 Å². The third kappa shape index (κ3) is 3.69. The normalized spacial score (nSPS) is 9.95. The van der Waals surface area contributed by atoms with E-state index in [1.165, 1.54) is 0 Å². The van der Waals surface area contributed by atoms with Gasteiger partial charge in [0.05, 0.1) is 32.1 Å². The maximum atomic E-state index is 11.6. The molecule has 5 nitrogen and oxygen atoms in total. The zero-order valence-electron chi connectivity index (χ0n) is 12.9. The van der Waals surface area contributed by atoms with Crippen LogP contribution in [0.3, 0.4) is 0 Å². The lowest BCUT2D eigenvalue weighted by atomic mass is 10.2. The van der Waals surface area contributed by atoms with Crippen molar-refractivity contribution in [2.24, 2.45) is 0 Å². The zero-order valence-corrected chi connectivity index (χ0v) is 12.9. The third-order valence-electron chi connectivity index (χ3n) is 3.08. The van der Waals surface area contributed by atoms with Gasteiger partial charge in [-0.25, -0.2) is 4.79 Å². The van der Waals surface area contributed by atoms with Crippen molar-refractivity contribution in [2.45, 2.75) is 6.92 Å². The van der Waals surface area contributed by atoms with Crippen molar-refractivity contribution >= 4 is 17.3 Å². The maximum absolute atomic E-state index is 11.6. The average molecular weight is 301 g/mol. The van der Waals surface area contributed by atoms with Crippen LogP contribution in [0.2, 0.25) is 0 Å². The lowest BCUT2D eigenvalue weighted by Gasteiger charge is -2.12. The zero-order chi connectivity index (χ0) is 15.9. The molecule has 2 aromatic carbocycles. The predicted molar refractivity (Wildman–Crippen MR) is 85.2 cm³/mol. The van der Waals surface area contributed by atoms with Gasteiger partial charge in [-0.3, -0.25) is 0 Å². The first-order valence-electron chi connectivity index (χ1n) is 6.94. The molecule has 0 saturated carbocycles. The first-order chi connectivity index (χ1) is 10.7. The van der Waals surface area contributed by atoms with Gasteiger partial charge in [0.15, 0.2) is 0 Å². The predicted octanol–water partition coefficient (Wildman–Crippen LogP) is 3.62. The highest BCUT2D eigenvalue weighted by Gasteiger charge is 2.08. The highest BCUT2D eigenvalue weighted by Crippen LogP contribution is 2.31. The van der Waals surface area contributed by atoms with Crippen molar-refractivity contribution in [3.8, 4) is 11.5 Å². The van der Waals surface area contributed by atoms with Gasteiger partial charge in [0.2, 0.25) is 0 Å². The summed E-state index contributed by atoms with van der Waals surface area (Å²) < 4.78 is 15.5. The molecule has 0 aliphatic rings. The molecule has 0 heterocycles. The Morgan fingerprint density at radius 3 is 2.36 bits per heavy atom. The van der Waals surface area contributed by atoms with Crippen molar-refractivity contribution in [2.75, 3.05) is 26.1 Å². The molecule has 5 heteroatoms. The minimum Gasteiger partial charge on any atom is -0.497 e. The summed E-state index contributed by atoms with van der Waals surface area (Å²) in [6.45, 7) is 2.14. The molecule has 0 saturated heterocycles. The summed E-state index contributed by atoms with van der Waals surface area (Å²) in [5.74, 6) is 1.07. The number of carbonyl (C=O) groups is 1. The third-order valence-corrected chi connectivity index (χ3v) is 3.08. The van der Waals surface area contributed by atoms with Gasteiger partial charge in [-0.2, -0.15) is 0 Å². The van der Waals surface area contributed by atoms with Crippen LogP contribution in [0, 0.1) is 0 Å². The first-order valence-corrected chi connectivity index (χ1v) is 6.94. The van der Waals surface area contributed by atoms with Crippen LogP contribution < -0.4 is 14.8 Å². The lowest BCUT2D eigenvalue weighted by molar-refractivity contribution is 0.0526. The van der Waals surface area contributed by atoms with E-state index in [1.54, 1.807) is 39.3 Å². The van der Waals surface area contributed by atoms with E-state index in [1.807, 2.05) is 24.3 Å². The average Bonchev–Trinajstić information content (AvgIpc) is 2.56. The van der Waals surface area contributed by atoms with Crippen LogP contribution in [0.4, 0.5) is 11.4 Å². The monoisotopic (exact) mass is 301 g/mol. The van der Waals surface area contributed by atoms with Gasteiger partial charge in [0.25, 0.3) is 0 Å². The second kappa shape index (κ2) is 7.36. The fraction of sp³-hybridized carbons (Fsp3) is 0.235. The topological polar surface area (TPSA) is 56.8 Å². The Bertz CT molecular complexity index is 638. The molecular weight excluding hydrogens is 282 g/mol. The molecular formula is C17H19NO4. The maximum Gasteiger partial charge on any atom is 0.338 e. The lowest BCUT2D eigenvalue weighted by Crippen LogP contribution is -2.04. The smallest absolute Gasteiger partial charge is 0.338 e. The second-order valence-electron chi connectivity index (χ2n) is 4.49. The van der Waals surface area contributed by atoms with Gasteiger partial charge in [-0.05, 0) is 43.3 Å². The molecule has 0 fully saturated rings. The van der Waals surface area contributed by atoms with Crippen molar-refractivity contribution in [3.63, 3.8) is 0 Å². The Morgan fingerprint density at radius 1 is 1.05 bits per heavy atom. The fourth-order valence-corrected chi connectivity index (χ4v) is 1.96. The number of hydrogen-bond acceptors (Lipinski definition) is 5. The highest BCUT2D eigenvalue weighted by molar-refractivity contribution is 5.90. The molecule has 2 aromatic rings. The SMILES string of the molecule is CCOC(=O)c1ccc(Nc2ccc(OC)cc2OC)cc1. The van der Waals surface area contributed by atoms with Crippen LogP contribution in [-0.2, 0) is 4.74 Å². The van der Waals surface area contributed by atoms with E-state index in [0.717, 1.165) is 17.1 Å². The van der Waals surface area contributed by atoms with Gasteiger partial charge in [-0.1, -0.05) is 0 Å². The standard InChI is InChI=1S/C17H19NO4/c1-4-22-17(19)12-5-7-13(8-6-12)18-15-10-9-14(20-2)11-16(15)21-3/h5-11,18H,4H2,1-3H3. The van der Waals surface area contributed by atoms with Crippen LogP contribution in [0.5, 0.6) is 11.5 Å². The second-order valence-corrected chi connectivity index (χ2v) is 4.49. The van der Waals surface area contributed by atoms with Gasteiger partial charge in [0, 0.05) is 11.8 Å². The van der Waals surface area contributed by atoms with E-state index in [2.05, 4.69) is 5.32 Å². The van der Waals surface area contributed by atoms with Crippen molar-refractivity contribution in [1.82, 2.24) is 0 Å². The minimum absolute atomic E-state index is 0.323. The molecule has 0 aromatic heterocycles. The van der Waals surface area contributed by atoms with E-state index in [0.29, 0.717) is 17.9 Å². The summed E-state index contributed by atoms with van der Waals surface area (Å²) in [5, 5.41) is 3.24. The number of anilines is 2. The Kier molecular flexibility index (Phi) is 5.25. The van der Waals surface area contributed by atoms with Crippen LogP contribution >= 0.6 is 0 Å². The molecule has 0 aliphatic heterocycles. The fourth-order valence-electron chi connectivity index (χ4n) is 1.96. The van der Waals surface area contributed by atoms with E-state index >= 15 is 0 Å². The summed E-state index contributed by atoms with van der Waals surface area (Å²) in [6, 6.07) is 12.6. The summed E-state index contributed by atoms with van der Waals surface area (Å²) >= 11 is 0. The number of hydrogen-bond donors (Lipinski definition) is 1. The molecule has 0 radical (unpaired) electrons. The Labute approximate surface area is 129 Å². The van der Waals surface area contributed by atoms with Gasteiger partial charge < -0.3 is 19.5 Å². The van der Waals surface area contributed by atoms with Crippen molar-refractivity contribution < 1.29 is 19.0 Å². The summed E-state index contributed by atoms with van der Waals surface area (Å²) in [6.07, 6.45) is 0. The molecule has 0 spiro atoms. The number of benzene rings is 2. The van der Waals surface area contributed by atoms with Crippen LogP contribution in [0.15, 0.2) is 42.5 Å². The molecule has 0 bridgehead atoms. The largest absolute Gasteiger partial charge is 0.497 e. The first kappa shape index (κ1) is 15.7. The summed E-state index contributed by atoms with van der Waals surface area (Å²) in [4.78, 5) is 11.6. The number of rotatable bonds is 6. The molecule has 0 unspecified atom stereocenters. The van der Waals surface area contributed by atoms with Crippen LogP contribution in [0.25, 0.3) is 0 Å². The van der Waals surface area contributed by atoms with Crippen LogP contribution in [0.1, 0.15) is 17.3 Å². The van der Waals surface area contributed by atoms with Gasteiger partial charge >= 0.3 is 5.97 Å². The summed E-state index contributed by atoms with van der Waals surface area (Å²) in [7, 11) is 3.21. The number of nitrogens with one attached hydrogen (secondary N) is 1. The van der Waals surface area contributed by atoms with Gasteiger partial charge in [0.1, 0.15) is 11.5 Å². The van der Waals surface area contributed by atoms with E-state index in [9.17, 15) is 4.79 Å². The summed E-state index contributed by atoms with van der Waals surface area (Å²) in [5.41, 5.74) is 2.18. The Morgan fingerprint density at radius 2 is 1.77 bits per heavy atom.